The Balaban J connectivity index is 1.88. The predicted octanol–water partition coefficient (Wildman–Crippen LogP) is 2.65. The van der Waals surface area contributed by atoms with Gasteiger partial charge in [-0.1, -0.05) is 19.8 Å². The van der Waals surface area contributed by atoms with Crippen molar-refractivity contribution in [3.63, 3.8) is 0 Å². The molecule has 0 bridgehead atoms. The lowest BCUT2D eigenvalue weighted by Crippen LogP contribution is -2.30. The molecule has 0 spiro atoms. The van der Waals surface area contributed by atoms with E-state index in [0.29, 0.717) is 12.1 Å². The molecule has 1 aliphatic carbocycles. The van der Waals surface area contributed by atoms with E-state index in [1.165, 1.54) is 24.8 Å². The number of aryl methyl sites for hydroxylation is 1. The molecule has 2 unspecified atom stereocenters. The second-order valence-electron chi connectivity index (χ2n) is 5.15. The standard InChI is InChI=1S/C13H23N3/c1-4-13(12-8-14-16(3)9-12)15-10(2)7-11-5-6-11/h8-11,13,15H,4-7H2,1-3H3. The van der Waals surface area contributed by atoms with Gasteiger partial charge in [0.05, 0.1) is 6.20 Å². The molecule has 1 aromatic heterocycles. The van der Waals surface area contributed by atoms with Crippen molar-refractivity contribution < 1.29 is 0 Å². The Hall–Kier alpha value is -0.830. The first-order valence-corrected chi connectivity index (χ1v) is 6.43. The summed E-state index contributed by atoms with van der Waals surface area (Å²) in [5.74, 6) is 0.994. The summed E-state index contributed by atoms with van der Waals surface area (Å²) in [6, 6.07) is 1.08. The van der Waals surface area contributed by atoms with Crippen LogP contribution in [-0.4, -0.2) is 15.8 Å². The minimum absolute atomic E-state index is 0.461. The fourth-order valence-corrected chi connectivity index (χ4v) is 2.33. The normalized spacial score (nSPS) is 19.7. The summed E-state index contributed by atoms with van der Waals surface area (Å²) < 4.78 is 1.88. The van der Waals surface area contributed by atoms with E-state index in [0.717, 1.165) is 12.3 Å². The number of rotatable bonds is 6. The topological polar surface area (TPSA) is 29.9 Å². The SMILES string of the molecule is CCC(NC(C)CC1CC1)c1cnn(C)c1. The predicted molar refractivity (Wildman–Crippen MR) is 66.2 cm³/mol. The van der Waals surface area contributed by atoms with Gasteiger partial charge in [-0.3, -0.25) is 4.68 Å². The monoisotopic (exact) mass is 221 g/mol. The van der Waals surface area contributed by atoms with Gasteiger partial charge in [0.15, 0.2) is 0 Å². The molecule has 2 atom stereocenters. The van der Waals surface area contributed by atoms with Crippen LogP contribution in [-0.2, 0) is 7.05 Å². The fourth-order valence-electron chi connectivity index (χ4n) is 2.33. The molecule has 0 amide bonds. The molecule has 3 heteroatoms. The van der Waals surface area contributed by atoms with E-state index in [1.807, 2.05) is 17.9 Å². The summed E-state index contributed by atoms with van der Waals surface area (Å²) in [5.41, 5.74) is 1.31. The van der Waals surface area contributed by atoms with Crippen LogP contribution in [0.3, 0.4) is 0 Å². The zero-order valence-electron chi connectivity index (χ0n) is 10.6. The molecule has 90 valence electrons. The van der Waals surface area contributed by atoms with Crippen LogP contribution in [0.15, 0.2) is 12.4 Å². The van der Waals surface area contributed by atoms with E-state index in [1.54, 1.807) is 0 Å². The van der Waals surface area contributed by atoms with Crippen LogP contribution in [0, 0.1) is 5.92 Å². The Bertz CT molecular complexity index is 328. The summed E-state index contributed by atoms with van der Waals surface area (Å²) in [7, 11) is 1.98. The highest BCUT2D eigenvalue weighted by Crippen LogP contribution is 2.34. The molecule has 1 saturated carbocycles. The second-order valence-corrected chi connectivity index (χ2v) is 5.15. The van der Waals surface area contributed by atoms with Crippen LogP contribution in [0.25, 0.3) is 0 Å². The lowest BCUT2D eigenvalue weighted by atomic mass is 10.1. The maximum Gasteiger partial charge on any atom is 0.0537 e. The van der Waals surface area contributed by atoms with E-state index in [2.05, 4.69) is 30.5 Å². The maximum absolute atomic E-state index is 4.24. The van der Waals surface area contributed by atoms with Gasteiger partial charge in [-0.2, -0.15) is 5.10 Å². The van der Waals surface area contributed by atoms with Gasteiger partial charge in [0.25, 0.3) is 0 Å². The molecule has 1 heterocycles. The third kappa shape index (κ3) is 3.08. The number of hydrogen-bond donors (Lipinski definition) is 1. The average molecular weight is 221 g/mol. The van der Waals surface area contributed by atoms with E-state index in [4.69, 9.17) is 0 Å². The highest BCUT2D eigenvalue weighted by molar-refractivity contribution is 5.10. The Labute approximate surface area is 98.2 Å². The first-order chi connectivity index (χ1) is 7.69. The third-order valence-electron chi connectivity index (χ3n) is 3.40. The summed E-state index contributed by atoms with van der Waals surface area (Å²) in [6.45, 7) is 4.53. The minimum atomic E-state index is 0.461. The van der Waals surface area contributed by atoms with E-state index in [-0.39, 0.29) is 0 Å². The molecular weight excluding hydrogens is 198 g/mol. The van der Waals surface area contributed by atoms with Crippen molar-refractivity contribution >= 4 is 0 Å². The lowest BCUT2D eigenvalue weighted by Gasteiger charge is -2.21. The largest absolute Gasteiger partial charge is 0.307 e. The quantitative estimate of drug-likeness (QED) is 0.800. The summed E-state index contributed by atoms with van der Waals surface area (Å²) in [6.07, 6.45) is 9.43. The highest BCUT2D eigenvalue weighted by Gasteiger charge is 2.24. The van der Waals surface area contributed by atoms with Crippen molar-refractivity contribution in [2.45, 2.75) is 51.6 Å². The van der Waals surface area contributed by atoms with Gasteiger partial charge >= 0.3 is 0 Å². The maximum atomic E-state index is 4.24. The van der Waals surface area contributed by atoms with Gasteiger partial charge in [0, 0.05) is 30.9 Å². The Morgan fingerprint density at radius 2 is 2.31 bits per heavy atom. The summed E-state index contributed by atoms with van der Waals surface area (Å²) >= 11 is 0. The molecular formula is C13H23N3. The molecule has 3 nitrogen and oxygen atoms in total. The van der Waals surface area contributed by atoms with E-state index in [9.17, 15) is 0 Å². The van der Waals surface area contributed by atoms with Crippen molar-refractivity contribution in [3.05, 3.63) is 18.0 Å². The molecule has 1 aliphatic rings. The van der Waals surface area contributed by atoms with Crippen molar-refractivity contribution in [3.8, 4) is 0 Å². The van der Waals surface area contributed by atoms with Crippen LogP contribution in [0.5, 0.6) is 0 Å². The molecule has 1 N–H and O–H groups in total. The molecule has 0 saturated heterocycles. The van der Waals surface area contributed by atoms with Crippen LogP contribution in [0.2, 0.25) is 0 Å². The zero-order chi connectivity index (χ0) is 11.5. The summed E-state index contributed by atoms with van der Waals surface area (Å²) in [5, 5.41) is 7.96. The smallest absolute Gasteiger partial charge is 0.0537 e. The Kier molecular flexibility index (Phi) is 3.64. The van der Waals surface area contributed by atoms with E-state index < -0.39 is 0 Å². The first kappa shape index (κ1) is 11.6. The second kappa shape index (κ2) is 5.00. The average Bonchev–Trinajstić information content (AvgIpc) is 2.95. The summed E-state index contributed by atoms with van der Waals surface area (Å²) in [4.78, 5) is 0. The molecule has 0 radical (unpaired) electrons. The molecule has 1 fully saturated rings. The van der Waals surface area contributed by atoms with Crippen LogP contribution < -0.4 is 5.32 Å². The van der Waals surface area contributed by atoms with Crippen LogP contribution in [0.1, 0.15) is 51.1 Å². The molecule has 1 aromatic rings. The molecule has 16 heavy (non-hydrogen) atoms. The third-order valence-corrected chi connectivity index (χ3v) is 3.40. The number of hydrogen-bond acceptors (Lipinski definition) is 2. The number of aromatic nitrogens is 2. The number of nitrogens with zero attached hydrogens (tertiary/aromatic N) is 2. The van der Waals surface area contributed by atoms with E-state index >= 15 is 0 Å². The molecule has 0 aliphatic heterocycles. The van der Waals surface area contributed by atoms with Crippen LogP contribution >= 0.6 is 0 Å². The lowest BCUT2D eigenvalue weighted by molar-refractivity contribution is 0.413. The molecule has 2 rings (SSSR count). The van der Waals surface area contributed by atoms with Gasteiger partial charge in [-0.05, 0) is 25.7 Å². The molecule has 0 aromatic carbocycles. The van der Waals surface area contributed by atoms with Gasteiger partial charge in [-0.25, -0.2) is 0 Å². The van der Waals surface area contributed by atoms with Gasteiger partial charge < -0.3 is 5.32 Å². The number of nitrogens with one attached hydrogen (secondary N) is 1. The zero-order valence-corrected chi connectivity index (χ0v) is 10.6. The van der Waals surface area contributed by atoms with Crippen molar-refractivity contribution in [1.29, 1.82) is 0 Å². The van der Waals surface area contributed by atoms with Crippen molar-refractivity contribution in [2.24, 2.45) is 13.0 Å². The Morgan fingerprint density at radius 1 is 1.56 bits per heavy atom. The fraction of sp³-hybridized carbons (Fsp3) is 0.769. The van der Waals surface area contributed by atoms with Gasteiger partial charge in [-0.15, -0.1) is 0 Å². The minimum Gasteiger partial charge on any atom is -0.307 e. The van der Waals surface area contributed by atoms with Gasteiger partial charge in [0.2, 0.25) is 0 Å². The van der Waals surface area contributed by atoms with Crippen molar-refractivity contribution in [2.75, 3.05) is 0 Å². The highest BCUT2D eigenvalue weighted by atomic mass is 15.2. The van der Waals surface area contributed by atoms with Crippen LogP contribution in [0.4, 0.5) is 0 Å². The first-order valence-electron chi connectivity index (χ1n) is 6.43. The van der Waals surface area contributed by atoms with Crippen molar-refractivity contribution in [1.82, 2.24) is 15.1 Å². The Morgan fingerprint density at radius 3 is 2.81 bits per heavy atom. The van der Waals surface area contributed by atoms with Gasteiger partial charge in [0.1, 0.15) is 0 Å².